The number of amides is 1. The molecule has 5 nitrogen and oxygen atoms in total. The van der Waals surface area contributed by atoms with Crippen molar-refractivity contribution in [3.63, 3.8) is 0 Å². The number of anilines is 1. The zero-order chi connectivity index (χ0) is 23.8. The first-order chi connectivity index (χ1) is 16.4. The highest BCUT2D eigenvalue weighted by Gasteiger charge is 2.35. The number of aromatic nitrogens is 2. The number of aryl methyl sites for hydroxylation is 4. The molecule has 5 heteroatoms. The molecule has 0 bridgehead atoms. The van der Waals surface area contributed by atoms with Gasteiger partial charge in [-0.1, -0.05) is 48.0 Å². The highest BCUT2D eigenvalue weighted by molar-refractivity contribution is 5.98. The summed E-state index contributed by atoms with van der Waals surface area (Å²) in [7, 11) is 0. The van der Waals surface area contributed by atoms with Crippen LogP contribution in [0.2, 0.25) is 0 Å². The molecule has 34 heavy (non-hydrogen) atoms. The van der Waals surface area contributed by atoms with Crippen molar-refractivity contribution < 1.29 is 9.53 Å². The lowest BCUT2D eigenvalue weighted by Gasteiger charge is -2.21. The fourth-order valence-corrected chi connectivity index (χ4v) is 5.18. The second-order valence-corrected chi connectivity index (χ2v) is 9.37. The van der Waals surface area contributed by atoms with Crippen LogP contribution in [0.5, 0.6) is 5.75 Å². The van der Waals surface area contributed by atoms with Crippen molar-refractivity contribution >= 4 is 22.6 Å². The zero-order valence-corrected chi connectivity index (χ0v) is 20.3. The summed E-state index contributed by atoms with van der Waals surface area (Å²) >= 11 is 0. The van der Waals surface area contributed by atoms with Crippen molar-refractivity contribution in [3.8, 4) is 5.75 Å². The first-order valence-corrected chi connectivity index (χ1v) is 11.9. The summed E-state index contributed by atoms with van der Waals surface area (Å²) in [4.78, 5) is 20.1. The number of carbonyl (C=O) groups is 1. The summed E-state index contributed by atoms with van der Waals surface area (Å²) in [5.41, 5.74) is 7.71. The van der Waals surface area contributed by atoms with Crippen LogP contribution in [0.15, 0.2) is 60.7 Å². The summed E-state index contributed by atoms with van der Waals surface area (Å²) in [5.74, 6) is 2.08. The van der Waals surface area contributed by atoms with E-state index in [4.69, 9.17) is 9.72 Å². The molecule has 0 saturated carbocycles. The molecule has 1 saturated heterocycles. The van der Waals surface area contributed by atoms with E-state index >= 15 is 0 Å². The van der Waals surface area contributed by atoms with E-state index in [1.54, 1.807) is 0 Å². The smallest absolute Gasteiger partial charge is 0.227 e. The van der Waals surface area contributed by atoms with Crippen LogP contribution >= 0.6 is 0 Å². The van der Waals surface area contributed by atoms with Crippen LogP contribution in [-0.4, -0.2) is 28.6 Å². The van der Waals surface area contributed by atoms with Crippen LogP contribution in [0.1, 0.15) is 40.4 Å². The molecule has 1 atom stereocenters. The molecule has 0 aliphatic carbocycles. The summed E-state index contributed by atoms with van der Waals surface area (Å²) in [6.07, 6.45) is 0.467. The van der Waals surface area contributed by atoms with Crippen LogP contribution in [0.4, 0.5) is 5.69 Å². The SMILES string of the molecule is Cc1ccc(OCCn2c(C3CC(=O)N(c4c(C)cccc4C)C3)nc3ccccc32)c(C)c1. The molecule has 2 heterocycles. The van der Waals surface area contributed by atoms with Gasteiger partial charge >= 0.3 is 0 Å². The van der Waals surface area contributed by atoms with E-state index in [0.29, 0.717) is 26.1 Å². The minimum atomic E-state index is 0.0417. The van der Waals surface area contributed by atoms with Gasteiger partial charge in [0.15, 0.2) is 0 Å². The standard InChI is InChI=1S/C29H31N3O2/c1-19-12-13-26(22(4)16-19)34-15-14-31-25-11-6-5-10-24(25)30-29(31)23-17-27(33)32(18-23)28-20(2)8-7-9-21(28)3/h5-13,16,23H,14-15,17-18H2,1-4H3. The number of hydrogen-bond donors (Lipinski definition) is 0. The number of benzene rings is 3. The first kappa shape index (κ1) is 22.2. The lowest BCUT2D eigenvalue weighted by atomic mass is 10.1. The van der Waals surface area contributed by atoms with Gasteiger partial charge in [-0.25, -0.2) is 4.98 Å². The Labute approximate surface area is 201 Å². The fraction of sp³-hybridized carbons (Fsp3) is 0.310. The minimum absolute atomic E-state index is 0.0417. The van der Waals surface area contributed by atoms with Gasteiger partial charge < -0.3 is 14.2 Å². The average molecular weight is 454 g/mol. The van der Waals surface area contributed by atoms with Crippen LogP contribution in [0.25, 0.3) is 11.0 Å². The monoisotopic (exact) mass is 453 g/mol. The minimum Gasteiger partial charge on any atom is -0.491 e. The third-order valence-corrected chi connectivity index (χ3v) is 6.79. The van der Waals surface area contributed by atoms with Gasteiger partial charge in [0.2, 0.25) is 5.91 Å². The van der Waals surface area contributed by atoms with Crippen LogP contribution in [-0.2, 0) is 11.3 Å². The Kier molecular flexibility index (Phi) is 5.86. The Hall–Kier alpha value is -3.60. The van der Waals surface area contributed by atoms with Gasteiger partial charge in [0.05, 0.1) is 17.6 Å². The maximum atomic E-state index is 13.1. The summed E-state index contributed by atoms with van der Waals surface area (Å²) in [6, 6.07) is 20.6. The van der Waals surface area contributed by atoms with Gasteiger partial charge in [-0.2, -0.15) is 0 Å². The fourth-order valence-electron chi connectivity index (χ4n) is 5.18. The predicted octanol–water partition coefficient (Wildman–Crippen LogP) is 5.87. The van der Waals surface area contributed by atoms with Gasteiger partial charge in [0.1, 0.15) is 18.2 Å². The number of para-hydroxylation sites is 3. The highest BCUT2D eigenvalue weighted by atomic mass is 16.5. The molecule has 5 rings (SSSR count). The van der Waals surface area contributed by atoms with E-state index in [-0.39, 0.29) is 11.8 Å². The van der Waals surface area contributed by atoms with Crippen molar-refractivity contribution in [3.05, 3.63) is 88.7 Å². The topological polar surface area (TPSA) is 47.4 Å². The molecule has 1 unspecified atom stereocenters. The van der Waals surface area contributed by atoms with Gasteiger partial charge in [-0.05, 0) is 62.6 Å². The molecule has 1 fully saturated rings. The van der Waals surface area contributed by atoms with Gasteiger partial charge in [-0.15, -0.1) is 0 Å². The summed E-state index contributed by atoms with van der Waals surface area (Å²) in [6.45, 7) is 10.2. The lowest BCUT2D eigenvalue weighted by Crippen LogP contribution is -2.26. The lowest BCUT2D eigenvalue weighted by molar-refractivity contribution is -0.117. The van der Waals surface area contributed by atoms with Crippen LogP contribution in [0, 0.1) is 27.7 Å². The second-order valence-electron chi connectivity index (χ2n) is 9.37. The molecule has 174 valence electrons. The van der Waals surface area contributed by atoms with Crippen molar-refractivity contribution in [2.24, 2.45) is 0 Å². The van der Waals surface area contributed by atoms with Crippen molar-refractivity contribution in [2.45, 2.75) is 46.6 Å². The summed E-state index contributed by atoms with van der Waals surface area (Å²) < 4.78 is 8.39. The number of ether oxygens (including phenoxy) is 1. The number of fused-ring (bicyclic) bond motifs is 1. The van der Waals surface area contributed by atoms with Crippen molar-refractivity contribution in [1.29, 1.82) is 0 Å². The molecule has 1 aliphatic heterocycles. The largest absolute Gasteiger partial charge is 0.491 e. The normalized spacial score (nSPS) is 15.9. The van der Waals surface area contributed by atoms with E-state index in [2.05, 4.69) is 62.6 Å². The zero-order valence-electron chi connectivity index (χ0n) is 20.3. The Morgan fingerprint density at radius 3 is 2.47 bits per heavy atom. The third-order valence-electron chi connectivity index (χ3n) is 6.79. The number of carbonyl (C=O) groups excluding carboxylic acids is 1. The van der Waals surface area contributed by atoms with E-state index in [1.807, 2.05) is 35.2 Å². The Morgan fingerprint density at radius 2 is 1.71 bits per heavy atom. The number of nitrogens with zero attached hydrogens (tertiary/aromatic N) is 3. The molecule has 0 radical (unpaired) electrons. The molecular formula is C29H31N3O2. The maximum Gasteiger partial charge on any atom is 0.227 e. The number of imidazole rings is 1. The van der Waals surface area contributed by atoms with Crippen LogP contribution in [0.3, 0.4) is 0 Å². The third kappa shape index (κ3) is 4.07. The van der Waals surface area contributed by atoms with Gasteiger partial charge in [0.25, 0.3) is 0 Å². The maximum absolute atomic E-state index is 13.1. The summed E-state index contributed by atoms with van der Waals surface area (Å²) in [5, 5.41) is 0. The van der Waals surface area contributed by atoms with E-state index < -0.39 is 0 Å². The Bertz CT molecular complexity index is 1350. The molecule has 4 aromatic rings. The molecule has 3 aromatic carbocycles. The van der Waals surface area contributed by atoms with E-state index in [0.717, 1.165) is 45.0 Å². The number of rotatable bonds is 6. The second kappa shape index (κ2) is 8.98. The highest BCUT2D eigenvalue weighted by Crippen LogP contribution is 2.36. The van der Waals surface area contributed by atoms with Gasteiger partial charge in [-0.3, -0.25) is 4.79 Å². The van der Waals surface area contributed by atoms with Crippen molar-refractivity contribution in [2.75, 3.05) is 18.1 Å². The number of hydrogen-bond acceptors (Lipinski definition) is 3. The van der Waals surface area contributed by atoms with Crippen molar-refractivity contribution in [1.82, 2.24) is 9.55 Å². The average Bonchev–Trinajstić information content (AvgIpc) is 3.36. The molecular weight excluding hydrogens is 422 g/mol. The van der Waals surface area contributed by atoms with Gasteiger partial charge in [0, 0.05) is 24.6 Å². The molecule has 1 amide bonds. The van der Waals surface area contributed by atoms with E-state index in [1.165, 1.54) is 5.56 Å². The molecule has 1 aliphatic rings. The quantitative estimate of drug-likeness (QED) is 0.367. The molecule has 0 spiro atoms. The molecule has 1 aromatic heterocycles. The van der Waals surface area contributed by atoms with E-state index in [9.17, 15) is 4.79 Å². The first-order valence-electron chi connectivity index (χ1n) is 11.9. The Balaban J connectivity index is 1.42. The molecule has 0 N–H and O–H groups in total. The predicted molar refractivity (Wildman–Crippen MR) is 137 cm³/mol. The van der Waals surface area contributed by atoms with Crippen LogP contribution < -0.4 is 9.64 Å². The Morgan fingerprint density at radius 1 is 0.941 bits per heavy atom.